The number of ether oxygens (including phenoxy) is 2. The van der Waals surface area contributed by atoms with Gasteiger partial charge in [0.25, 0.3) is 0 Å². The van der Waals surface area contributed by atoms with Crippen LogP contribution in [0.3, 0.4) is 0 Å². The summed E-state index contributed by atoms with van der Waals surface area (Å²) in [5.74, 6) is -0.952. The Labute approximate surface area is 269 Å². The second kappa shape index (κ2) is 31.5. The highest BCUT2D eigenvalue weighted by atomic mass is 31.2. The van der Waals surface area contributed by atoms with Crippen molar-refractivity contribution >= 4 is 19.8 Å². The van der Waals surface area contributed by atoms with Gasteiger partial charge in [0.1, 0.15) is 6.61 Å². The molecule has 2 N–H and O–H groups in total. The molecule has 0 spiro atoms. The molecule has 0 saturated heterocycles. The van der Waals surface area contributed by atoms with E-state index in [2.05, 4.69) is 36.6 Å². The van der Waals surface area contributed by atoms with Crippen molar-refractivity contribution in [1.82, 2.24) is 0 Å². The number of unbranched alkanes of at least 4 members (excludes halogenated alkanes) is 18. The summed E-state index contributed by atoms with van der Waals surface area (Å²) in [4.78, 5) is 42.5. The van der Waals surface area contributed by atoms with Crippen molar-refractivity contribution in [3.63, 3.8) is 0 Å². The molecule has 0 bridgehead atoms. The van der Waals surface area contributed by atoms with Crippen molar-refractivity contribution in [3.8, 4) is 0 Å². The Morgan fingerprint density at radius 3 is 1.55 bits per heavy atom. The first kappa shape index (κ1) is 42.5. The fourth-order valence-corrected chi connectivity index (χ4v) is 5.14. The molecule has 0 amide bonds. The average Bonchev–Trinajstić information content (AvgIpc) is 2.98. The molecule has 9 heteroatoms. The summed E-state index contributed by atoms with van der Waals surface area (Å²) in [6.07, 6.45) is 33.4. The number of carbonyl (C=O) groups is 2. The van der Waals surface area contributed by atoms with E-state index in [1.807, 2.05) is 6.08 Å². The van der Waals surface area contributed by atoms with Crippen LogP contribution in [0.1, 0.15) is 168 Å². The Morgan fingerprint density at radius 2 is 1.02 bits per heavy atom. The van der Waals surface area contributed by atoms with E-state index < -0.39 is 32.5 Å². The van der Waals surface area contributed by atoms with Crippen molar-refractivity contribution < 1.29 is 37.9 Å². The van der Waals surface area contributed by atoms with E-state index in [1.54, 1.807) is 0 Å². The number of allylic oxidation sites excluding steroid dienone is 4. The summed E-state index contributed by atoms with van der Waals surface area (Å²) in [5.41, 5.74) is 0. The van der Waals surface area contributed by atoms with E-state index in [9.17, 15) is 14.2 Å². The number of hydrogen-bond acceptors (Lipinski definition) is 6. The van der Waals surface area contributed by atoms with Crippen molar-refractivity contribution in [2.75, 3.05) is 13.2 Å². The number of carbonyl (C=O) groups excluding carboxylic acids is 2. The zero-order chi connectivity index (χ0) is 32.6. The standard InChI is InChI=1S/C35H65O8P/c1-3-5-7-9-11-13-15-16-17-18-20-21-23-25-27-29-34(36)41-31-33(32-42-44(38,39)40)43-35(37)30-28-26-24-22-19-14-12-10-8-6-4-2/h10,12,23,25,33H,3-9,11,13-22,24,26-32H2,1-2H3,(H2,38,39,40)/b12-10+,25-23+/t33-/m1/s1. The third-order valence-corrected chi connectivity index (χ3v) is 7.94. The summed E-state index contributed by atoms with van der Waals surface area (Å²) >= 11 is 0. The second-order valence-corrected chi connectivity index (χ2v) is 13.1. The molecule has 1 atom stereocenters. The summed E-state index contributed by atoms with van der Waals surface area (Å²) in [7, 11) is -4.75. The largest absolute Gasteiger partial charge is 0.469 e. The predicted octanol–water partition coefficient (Wildman–Crippen LogP) is 10.1. The van der Waals surface area contributed by atoms with Gasteiger partial charge in [0.05, 0.1) is 6.61 Å². The molecule has 0 aromatic heterocycles. The van der Waals surface area contributed by atoms with Gasteiger partial charge in [0, 0.05) is 12.8 Å². The zero-order valence-electron chi connectivity index (χ0n) is 28.1. The van der Waals surface area contributed by atoms with E-state index >= 15 is 0 Å². The molecule has 0 saturated carbocycles. The fourth-order valence-electron chi connectivity index (χ4n) is 4.78. The van der Waals surface area contributed by atoms with Crippen molar-refractivity contribution in [3.05, 3.63) is 24.3 Å². The fraction of sp³-hybridized carbons (Fsp3) is 0.829. The summed E-state index contributed by atoms with van der Waals surface area (Å²) < 4.78 is 26.2. The van der Waals surface area contributed by atoms with E-state index in [-0.39, 0.29) is 19.4 Å². The molecule has 0 fully saturated rings. The molecule has 0 aromatic rings. The molecule has 0 heterocycles. The van der Waals surface area contributed by atoms with Gasteiger partial charge in [0.2, 0.25) is 0 Å². The predicted molar refractivity (Wildman–Crippen MR) is 179 cm³/mol. The minimum Gasteiger partial charge on any atom is -0.462 e. The number of phosphoric acid groups is 1. The van der Waals surface area contributed by atoms with Crippen LogP contribution in [-0.4, -0.2) is 41.0 Å². The van der Waals surface area contributed by atoms with Crippen LogP contribution in [0, 0.1) is 0 Å². The third-order valence-electron chi connectivity index (χ3n) is 7.46. The van der Waals surface area contributed by atoms with Gasteiger partial charge in [-0.05, 0) is 44.9 Å². The molecule has 0 radical (unpaired) electrons. The van der Waals surface area contributed by atoms with Crippen LogP contribution in [0.5, 0.6) is 0 Å². The molecule has 8 nitrogen and oxygen atoms in total. The van der Waals surface area contributed by atoms with Crippen LogP contribution in [-0.2, 0) is 28.2 Å². The van der Waals surface area contributed by atoms with Crippen molar-refractivity contribution in [1.29, 1.82) is 0 Å². The molecular formula is C35H65O8P. The minimum absolute atomic E-state index is 0.184. The van der Waals surface area contributed by atoms with Gasteiger partial charge in [0.15, 0.2) is 6.10 Å². The highest BCUT2D eigenvalue weighted by Gasteiger charge is 2.22. The van der Waals surface area contributed by atoms with Gasteiger partial charge < -0.3 is 19.3 Å². The molecular weight excluding hydrogens is 579 g/mol. The highest BCUT2D eigenvalue weighted by molar-refractivity contribution is 7.46. The number of hydrogen-bond donors (Lipinski definition) is 2. The zero-order valence-corrected chi connectivity index (χ0v) is 29.0. The topological polar surface area (TPSA) is 119 Å². The lowest BCUT2D eigenvalue weighted by Gasteiger charge is -2.18. The Morgan fingerprint density at radius 1 is 0.568 bits per heavy atom. The van der Waals surface area contributed by atoms with Gasteiger partial charge in [-0.1, -0.05) is 134 Å². The molecule has 0 aliphatic rings. The first-order chi connectivity index (χ1) is 21.3. The molecule has 0 unspecified atom stereocenters. The second-order valence-electron chi connectivity index (χ2n) is 11.8. The maximum Gasteiger partial charge on any atom is 0.469 e. The van der Waals surface area contributed by atoms with Gasteiger partial charge in [-0.2, -0.15) is 0 Å². The summed E-state index contributed by atoms with van der Waals surface area (Å²) in [6, 6.07) is 0. The van der Waals surface area contributed by atoms with Gasteiger partial charge in [-0.25, -0.2) is 4.57 Å². The third kappa shape index (κ3) is 33.4. The molecule has 0 rings (SSSR count). The van der Waals surface area contributed by atoms with Gasteiger partial charge >= 0.3 is 19.8 Å². The SMILES string of the molecule is CCCC/C=C/CCCCCCCC(=O)O[C@H](COC(=O)CC/C=C/CCCCCCCCCCCCC)COP(=O)(O)O. The van der Waals surface area contributed by atoms with Crippen LogP contribution < -0.4 is 0 Å². The van der Waals surface area contributed by atoms with E-state index in [4.69, 9.17) is 19.3 Å². The molecule has 0 aliphatic heterocycles. The Hall–Kier alpha value is -1.47. The van der Waals surface area contributed by atoms with Crippen LogP contribution in [0.2, 0.25) is 0 Å². The monoisotopic (exact) mass is 644 g/mol. The maximum absolute atomic E-state index is 12.3. The van der Waals surface area contributed by atoms with E-state index in [0.717, 1.165) is 51.4 Å². The summed E-state index contributed by atoms with van der Waals surface area (Å²) in [6.45, 7) is 3.58. The average molecular weight is 645 g/mol. The highest BCUT2D eigenvalue weighted by Crippen LogP contribution is 2.35. The lowest BCUT2D eigenvalue weighted by Crippen LogP contribution is -2.29. The number of phosphoric ester groups is 1. The molecule has 0 aromatic carbocycles. The van der Waals surface area contributed by atoms with Gasteiger partial charge in [-0.3, -0.25) is 14.1 Å². The quantitative estimate of drug-likeness (QED) is 0.0321. The molecule has 0 aliphatic carbocycles. The minimum atomic E-state index is -4.75. The normalized spacial score (nSPS) is 12.7. The molecule has 44 heavy (non-hydrogen) atoms. The molecule has 258 valence electrons. The maximum atomic E-state index is 12.3. The van der Waals surface area contributed by atoms with Crippen molar-refractivity contribution in [2.45, 2.75) is 174 Å². The van der Waals surface area contributed by atoms with Crippen LogP contribution in [0.25, 0.3) is 0 Å². The first-order valence-corrected chi connectivity index (χ1v) is 19.2. The van der Waals surface area contributed by atoms with E-state index in [0.29, 0.717) is 12.8 Å². The van der Waals surface area contributed by atoms with E-state index in [1.165, 1.54) is 77.0 Å². The smallest absolute Gasteiger partial charge is 0.462 e. The Kier molecular flexibility index (Phi) is 30.5. The van der Waals surface area contributed by atoms with Crippen LogP contribution in [0.4, 0.5) is 0 Å². The Bertz CT molecular complexity index is 777. The Balaban J connectivity index is 4.03. The van der Waals surface area contributed by atoms with Crippen molar-refractivity contribution in [2.24, 2.45) is 0 Å². The van der Waals surface area contributed by atoms with Crippen LogP contribution in [0.15, 0.2) is 24.3 Å². The number of rotatable bonds is 32. The number of esters is 2. The lowest BCUT2D eigenvalue weighted by molar-refractivity contribution is -0.161. The summed E-state index contributed by atoms with van der Waals surface area (Å²) in [5, 5.41) is 0. The van der Waals surface area contributed by atoms with Gasteiger partial charge in [-0.15, -0.1) is 0 Å². The lowest BCUT2D eigenvalue weighted by atomic mass is 10.1. The van der Waals surface area contributed by atoms with Crippen LogP contribution >= 0.6 is 7.82 Å². The first-order valence-electron chi connectivity index (χ1n) is 17.6.